The van der Waals surface area contributed by atoms with Crippen molar-refractivity contribution in [3.05, 3.63) is 40.9 Å². The van der Waals surface area contributed by atoms with E-state index in [2.05, 4.69) is 10.3 Å². The number of fused-ring (bicyclic) bond motifs is 1. The smallest absolute Gasteiger partial charge is 0.261 e. The number of aromatic nitrogens is 2. The van der Waals surface area contributed by atoms with Gasteiger partial charge < -0.3 is 10.2 Å². The molecule has 0 radical (unpaired) electrons. The van der Waals surface area contributed by atoms with Crippen LogP contribution in [-0.2, 0) is 11.3 Å². The van der Waals surface area contributed by atoms with Gasteiger partial charge in [0.2, 0.25) is 5.91 Å². The largest absolute Gasteiger partial charge is 0.349 e. The molecule has 0 aliphatic carbocycles. The Balaban J connectivity index is 2.08. The Bertz CT molecular complexity index is 664. The predicted molar refractivity (Wildman–Crippen MR) is 76.7 cm³/mol. The molecule has 1 heterocycles. The first-order valence-corrected chi connectivity index (χ1v) is 6.58. The number of benzene rings is 1. The third kappa shape index (κ3) is 3.42. The van der Waals surface area contributed by atoms with E-state index in [1.807, 2.05) is 20.2 Å². The zero-order valence-electron chi connectivity index (χ0n) is 11.7. The number of nitrogens with one attached hydrogen (secondary N) is 2. The maximum atomic E-state index is 12.2. The lowest BCUT2D eigenvalue weighted by atomic mass is 10.2. The number of nitrogens with zero attached hydrogens (tertiary/aromatic N) is 2. The van der Waals surface area contributed by atoms with Crippen LogP contribution in [0, 0.1) is 0 Å². The van der Waals surface area contributed by atoms with Crippen LogP contribution in [0.5, 0.6) is 0 Å². The number of carbonyl (C=O) groups is 1. The van der Waals surface area contributed by atoms with E-state index in [1.165, 1.54) is 15.8 Å². The SMILES string of the molecule is C[NH+](C)CCNC(=O)Cn1cnc2ccccc2c1=O. The Morgan fingerprint density at radius 2 is 2.10 bits per heavy atom. The minimum absolute atomic E-state index is 0.000566. The predicted octanol–water partition coefficient (Wildman–Crippen LogP) is -1.34. The molecule has 0 aliphatic heterocycles. The Labute approximate surface area is 117 Å². The average molecular weight is 275 g/mol. The van der Waals surface area contributed by atoms with Crippen LogP contribution < -0.4 is 15.8 Å². The van der Waals surface area contributed by atoms with E-state index in [-0.39, 0.29) is 18.0 Å². The molecule has 6 nitrogen and oxygen atoms in total. The molecule has 1 aromatic carbocycles. The van der Waals surface area contributed by atoms with E-state index >= 15 is 0 Å². The third-order valence-electron chi connectivity index (χ3n) is 2.99. The molecule has 2 N–H and O–H groups in total. The van der Waals surface area contributed by atoms with Crippen molar-refractivity contribution in [1.29, 1.82) is 0 Å². The van der Waals surface area contributed by atoms with E-state index in [1.54, 1.807) is 18.2 Å². The number of carbonyl (C=O) groups excluding carboxylic acids is 1. The Morgan fingerprint density at radius 3 is 2.85 bits per heavy atom. The highest BCUT2D eigenvalue weighted by Crippen LogP contribution is 2.04. The lowest BCUT2D eigenvalue weighted by molar-refractivity contribution is -0.856. The van der Waals surface area contributed by atoms with Gasteiger partial charge in [0.1, 0.15) is 6.54 Å². The van der Waals surface area contributed by atoms with Gasteiger partial charge in [0.15, 0.2) is 0 Å². The van der Waals surface area contributed by atoms with E-state index < -0.39 is 0 Å². The number of hydrogen-bond acceptors (Lipinski definition) is 3. The summed E-state index contributed by atoms with van der Waals surface area (Å²) in [5, 5.41) is 3.32. The number of amides is 1. The van der Waals surface area contributed by atoms with Crippen molar-refractivity contribution in [3.63, 3.8) is 0 Å². The van der Waals surface area contributed by atoms with Crippen molar-refractivity contribution in [2.45, 2.75) is 6.54 Å². The fraction of sp³-hybridized carbons (Fsp3) is 0.357. The van der Waals surface area contributed by atoms with Crippen LogP contribution in [0.1, 0.15) is 0 Å². The Morgan fingerprint density at radius 1 is 1.35 bits per heavy atom. The van der Waals surface area contributed by atoms with Crippen molar-refractivity contribution in [2.24, 2.45) is 0 Å². The normalized spacial score (nSPS) is 10.9. The van der Waals surface area contributed by atoms with Gasteiger partial charge >= 0.3 is 0 Å². The molecule has 6 heteroatoms. The van der Waals surface area contributed by atoms with Crippen LogP contribution in [0.2, 0.25) is 0 Å². The van der Waals surface area contributed by atoms with Crippen LogP contribution in [0.3, 0.4) is 0 Å². The lowest BCUT2D eigenvalue weighted by Crippen LogP contribution is -3.06. The van der Waals surface area contributed by atoms with Crippen LogP contribution in [0.4, 0.5) is 0 Å². The van der Waals surface area contributed by atoms with Gasteiger partial charge in [-0.2, -0.15) is 0 Å². The van der Waals surface area contributed by atoms with Crippen molar-refractivity contribution in [1.82, 2.24) is 14.9 Å². The molecule has 0 unspecified atom stereocenters. The second kappa shape index (κ2) is 6.29. The Hall–Kier alpha value is -2.21. The van der Waals surface area contributed by atoms with E-state index in [0.29, 0.717) is 17.4 Å². The maximum Gasteiger partial charge on any atom is 0.261 e. The first kappa shape index (κ1) is 14.2. The molecule has 0 saturated carbocycles. The zero-order valence-corrected chi connectivity index (χ0v) is 11.7. The quantitative estimate of drug-likeness (QED) is 0.709. The summed E-state index contributed by atoms with van der Waals surface area (Å²) in [6.45, 7) is 1.44. The summed E-state index contributed by atoms with van der Waals surface area (Å²) in [4.78, 5) is 29.4. The molecule has 0 atom stereocenters. The van der Waals surface area contributed by atoms with Crippen molar-refractivity contribution in [2.75, 3.05) is 27.2 Å². The summed E-state index contributed by atoms with van der Waals surface area (Å²) in [5.74, 6) is -0.176. The van der Waals surface area contributed by atoms with Crippen molar-refractivity contribution < 1.29 is 9.69 Å². The number of rotatable bonds is 5. The molecule has 0 aliphatic rings. The summed E-state index contributed by atoms with van der Waals surface area (Å²) < 4.78 is 1.33. The molecule has 0 spiro atoms. The van der Waals surface area contributed by atoms with Gasteiger partial charge in [0.05, 0.1) is 44.4 Å². The van der Waals surface area contributed by atoms with Gasteiger partial charge in [-0.3, -0.25) is 14.2 Å². The summed E-state index contributed by atoms with van der Waals surface area (Å²) in [6, 6.07) is 7.11. The molecule has 106 valence electrons. The van der Waals surface area contributed by atoms with E-state index in [4.69, 9.17) is 0 Å². The first-order chi connectivity index (χ1) is 9.58. The maximum absolute atomic E-state index is 12.2. The van der Waals surface area contributed by atoms with Crippen LogP contribution in [-0.4, -0.2) is 42.6 Å². The first-order valence-electron chi connectivity index (χ1n) is 6.58. The van der Waals surface area contributed by atoms with Crippen LogP contribution in [0.25, 0.3) is 10.9 Å². The zero-order chi connectivity index (χ0) is 14.5. The fourth-order valence-corrected chi connectivity index (χ4v) is 1.88. The highest BCUT2D eigenvalue weighted by Gasteiger charge is 2.07. The molecule has 0 saturated heterocycles. The number of quaternary nitrogens is 1. The lowest BCUT2D eigenvalue weighted by Gasteiger charge is -2.09. The van der Waals surface area contributed by atoms with Gasteiger partial charge in [-0.05, 0) is 12.1 Å². The van der Waals surface area contributed by atoms with Crippen molar-refractivity contribution in [3.8, 4) is 0 Å². The second-order valence-corrected chi connectivity index (χ2v) is 5.00. The topological polar surface area (TPSA) is 68.4 Å². The molecule has 1 amide bonds. The number of para-hydroxylation sites is 1. The van der Waals surface area contributed by atoms with E-state index in [0.717, 1.165) is 6.54 Å². The van der Waals surface area contributed by atoms with Crippen molar-refractivity contribution >= 4 is 16.8 Å². The minimum atomic E-state index is -0.191. The van der Waals surface area contributed by atoms with E-state index in [9.17, 15) is 9.59 Å². The van der Waals surface area contributed by atoms with Gasteiger partial charge in [-0.25, -0.2) is 4.98 Å². The van der Waals surface area contributed by atoms with Gasteiger partial charge in [-0.1, -0.05) is 12.1 Å². The number of hydrogen-bond donors (Lipinski definition) is 2. The molecular formula is C14H19N4O2+. The molecular weight excluding hydrogens is 256 g/mol. The minimum Gasteiger partial charge on any atom is -0.349 e. The molecule has 2 aromatic rings. The van der Waals surface area contributed by atoms with Gasteiger partial charge in [0.25, 0.3) is 5.56 Å². The average Bonchev–Trinajstić information content (AvgIpc) is 2.42. The standard InChI is InChI=1S/C14H18N4O2/c1-17(2)8-7-15-13(19)9-18-10-16-12-6-4-3-5-11(12)14(18)20/h3-6,10H,7-9H2,1-2H3,(H,15,19)/p+1. The monoisotopic (exact) mass is 275 g/mol. The molecule has 0 bridgehead atoms. The highest BCUT2D eigenvalue weighted by molar-refractivity contribution is 5.78. The molecule has 1 aromatic heterocycles. The Kier molecular flexibility index (Phi) is 4.47. The summed E-state index contributed by atoms with van der Waals surface area (Å²) in [5.41, 5.74) is 0.453. The van der Waals surface area contributed by atoms with Crippen LogP contribution >= 0.6 is 0 Å². The third-order valence-corrected chi connectivity index (χ3v) is 2.99. The second-order valence-electron chi connectivity index (χ2n) is 5.00. The fourth-order valence-electron chi connectivity index (χ4n) is 1.88. The molecule has 20 heavy (non-hydrogen) atoms. The van der Waals surface area contributed by atoms with Gasteiger partial charge in [0, 0.05) is 0 Å². The summed E-state index contributed by atoms with van der Waals surface area (Å²) in [6.07, 6.45) is 1.42. The van der Waals surface area contributed by atoms with Gasteiger partial charge in [-0.15, -0.1) is 0 Å². The highest BCUT2D eigenvalue weighted by atomic mass is 16.2. The summed E-state index contributed by atoms with van der Waals surface area (Å²) in [7, 11) is 4.04. The molecule has 2 rings (SSSR count). The number of likely N-dealkylation sites (N-methyl/N-ethyl adjacent to an activating group) is 1. The summed E-state index contributed by atoms with van der Waals surface area (Å²) >= 11 is 0. The molecule has 0 fully saturated rings. The van der Waals surface area contributed by atoms with Crippen LogP contribution in [0.15, 0.2) is 35.4 Å².